The molecule has 2 N–H and O–H groups in total. The van der Waals surface area contributed by atoms with E-state index in [1.165, 1.54) is 19.9 Å². The van der Waals surface area contributed by atoms with Gasteiger partial charge in [-0.2, -0.15) is 5.10 Å². The molecule has 2 rings (SSSR count). The van der Waals surface area contributed by atoms with Crippen LogP contribution < -0.4 is 0 Å². The summed E-state index contributed by atoms with van der Waals surface area (Å²) in [5, 5.41) is 22.6. The number of hydrogen-bond donors (Lipinski definition) is 2. The number of allylic oxidation sites excluding steroid dienone is 1. The Labute approximate surface area is 180 Å². The Bertz CT molecular complexity index is 1030. The Balaban J connectivity index is 2.11. The first-order valence-corrected chi connectivity index (χ1v) is 9.60. The van der Waals surface area contributed by atoms with Crippen molar-refractivity contribution in [2.45, 2.75) is 34.2 Å². The molecular formula is C22H24ClN3O4. The molecule has 1 aromatic heterocycles. The van der Waals surface area contributed by atoms with Crippen molar-refractivity contribution >= 4 is 35.1 Å². The molecule has 0 saturated heterocycles. The summed E-state index contributed by atoms with van der Waals surface area (Å²) in [6.45, 7) is 6.35. The number of aliphatic hydroxyl groups is 1. The summed E-state index contributed by atoms with van der Waals surface area (Å²) in [6.07, 6.45) is 2.83. The van der Waals surface area contributed by atoms with Crippen molar-refractivity contribution in [1.29, 1.82) is 5.41 Å². The summed E-state index contributed by atoms with van der Waals surface area (Å²) < 4.78 is 6.79. The average Bonchev–Trinajstić information content (AvgIpc) is 2.92. The van der Waals surface area contributed by atoms with Crippen molar-refractivity contribution in [3.05, 3.63) is 69.2 Å². The topological polar surface area (TPSA) is 105 Å². The van der Waals surface area contributed by atoms with E-state index in [4.69, 9.17) is 21.7 Å². The van der Waals surface area contributed by atoms with Gasteiger partial charge >= 0.3 is 5.97 Å². The molecule has 0 unspecified atom stereocenters. The second-order valence-corrected chi connectivity index (χ2v) is 7.18. The fourth-order valence-electron chi connectivity index (χ4n) is 2.99. The van der Waals surface area contributed by atoms with Gasteiger partial charge in [-0.05, 0) is 45.4 Å². The van der Waals surface area contributed by atoms with Gasteiger partial charge in [0.05, 0.1) is 17.8 Å². The van der Waals surface area contributed by atoms with Crippen LogP contribution in [-0.2, 0) is 20.9 Å². The molecule has 0 atom stereocenters. The molecule has 0 fully saturated rings. The Hall–Kier alpha value is -3.19. The van der Waals surface area contributed by atoms with Crippen molar-refractivity contribution < 1.29 is 19.4 Å². The number of nitrogens with one attached hydrogen (secondary N) is 1. The summed E-state index contributed by atoms with van der Waals surface area (Å²) in [6, 6.07) is 7.52. The highest BCUT2D eigenvalue weighted by Crippen LogP contribution is 2.20. The number of carbonyl (C=O) groups excluding carboxylic acids is 2. The Morgan fingerprint density at radius 1 is 1.27 bits per heavy atom. The zero-order valence-electron chi connectivity index (χ0n) is 17.3. The summed E-state index contributed by atoms with van der Waals surface area (Å²) in [4.78, 5) is 23.5. The lowest BCUT2D eigenvalue weighted by Gasteiger charge is -2.07. The van der Waals surface area contributed by atoms with E-state index in [2.05, 4.69) is 5.10 Å². The molecular weight excluding hydrogens is 406 g/mol. The molecule has 0 aliphatic heterocycles. The number of aliphatic hydroxyl groups excluding tert-OH is 1. The van der Waals surface area contributed by atoms with Crippen molar-refractivity contribution in [1.82, 2.24) is 9.78 Å². The minimum Gasteiger partial charge on any atom is -0.508 e. The van der Waals surface area contributed by atoms with Gasteiger partial charge in [0.1, 0.15) is 12.4 Å². The number of rotatable bonds is 8. The van der Waals surface area contributed by atoms with Gasteiger partial charge in [0.2, 0.25) is 0 Å². The maximum absolute atomic E-state index is 12.0. The molecule has 0 spiro atoms. The third-order valence-electron chi connectivity index (χ3n) is 4.47. The lowest BCUT2D eigenvalue weighted by atomic mass is 10.1. The van der Waals surface area contributed by atoms with E-state index < -0.39 is 24.1 Å². The lowest BCUT2D eigenvalue weighted by molar-refractivity contribution is -0.137. The summed E-state index contributed by atoms with van der Waals surface area (Å²) in [5.74, 6) is -1.61. The van der Waals surface area contributed by atoms with Crippen LogP contribution >= 0.6 is 11.6 Å². The molecule has 8 heteroatoms. The number of carbonyl (C=O) groups is 2. The monoisotopic (exact) mass is 429 g/mol. The predicted molar refractivity (Wildman–Crippen MR) is 116 cm³/mol. The van der Waals surface area contributed by atoms with Crippen LogP contribution in [0.15, 0.2) is 41.7 Å². The van der Waals surface area contributed by atoms with Crippen LogP contribution in [0.3, 0.4) is 0 Å². The zero-order chi connectivity index (χ0) is 22.4. The third kappa shape index (κ3) is 5.67. The van der Waals surface area contributed by atoms with Crippen LogP contribution in [0, 0.1) is 19.3 Å². The van der Waals surface area contributed by atoms with Gasteiger partial charge in [0.15, 0.2) is 5.78 Å². The minimum atomic E-state index is -0.690. The van der Waals surface area contributed by atoms with Crippen LogP contribution in [0.25, 0.3) is 6.08 Å². The molecule has 1 heterocycles. The van der Waals surface area contributed by atoms with Crippen LogP contribution in [0.2, 0.25) is 5.02 Å². The number of nitrogens with zero attached hydrogens (tertiary/aromatic N) is 2. The number of esters is 1. The van der Waals surface area contributed by atoms with Crippen molar-refractivity contribution in [3.63, 3.8) is 0 Å². The van der Waals surface area contributed by atoms with E-state index in [9.17, 15) is 14.7 Å². The Morgan fingerprint density at radius 2 is 1.93 bits per heavy atom. The van der Waals surface area contributed by atoms with Crippen LogP contribution in [0.1, 0.15) is 36.4 Å². The molecule has 158 valence electrons. The first-order chi connectivity index (χ1) is 14.1. The van der Waals surface area contributed by atoms with E-state index in [-0.39, 0.29) is 11.3 Å². The van der Waals surface area contributed by atoms with Gasteiger partial charge in [-0.15, -0.1) is 0 Å². The van der Waals surface area contributed by atoms with Gasteiger partial charge in [-0.25, -0.2) is 4.79 Å². The molecule has 0 radical (unpaired) electrons. The van der Waals surface area contributed by atoms with E-state index >= 15 is 0 Å². The minimum absolute atomic E-state index is 0.0937. The summed E-state index contributed by atoms with van der Waals surface area (Å²) in [7, 11) is 0. The highest BCUT2D eigenvalue weighted by Gasteiger charge is 2.15. The average molecular weight is 430 g/mol. The third-order valence-corrected chi connectivity index (χ3v) is 4.84. The zero-order valence-corrected chi connectivity index (χ0v) is 18.1. The standard InChI is InChI=1S/C22H24ClN3O4/c1-13(24)22(16(4)27)20(28)12-30-21(29)10-9-18-14(2)25-26(15(18)3)11-17-7-5-6-8-19(17)23/h5-10,24,28H,11-12H2,1-4H3/b10-9+,22-20-,24-13?. The maximum atomic E-state index is 12.0. The van der Waals surface area contributed by atoms with Gasteiger partial charge in [-0.1, -0.05) is 29.8 Å². The number of ether oxygens (including phenoxy) is 1. The second kappa shape index (κ2) is 10.0. The molecule has 0 aliphatic rings. The number of aromatic nitrogens is 2. The second-order valence-electron chi connectivity index (χ2n) is 6.78. The molecule has 0 bridgehead atoms. The van der Waals surface area contributed by atoms with Gasteiger partial charge in [0, 0.05) is 28.1 Å². The lowest BCUT2D eigenvalue weighted by Crippen LogP contribution is -2.14. The van der Waals surface area contributed by atoms with Crippen LogP contribution in [0.4, 0.5) is 0 Å². The maximum Gasteiger partial charge on any atom is 0.331 e. The van der Waals surface area contributed by atoms with Crippen molar-refractivity contribution in [3.8, 4) is 0 Å². The first-order valence-electron chi connectivity index (χ1n) is 9.22. The number of aryl methyl sites for hydroxylation is 1. The summed E-state index contributed by atoms with van der Waals surface area (Å²) >= 11 is 6.22. The SMILES string of the molecule is CC(=N)/C(C(C)=O)=C(/O)COC(=O)/C=C/c1c(C)nn(Cc2ccccc2Cl)c1C. The molecule has 7 nitrogen and oxygen atoms in total. The molecule has 0 saturated carbocycles. The number of halogens is 1. The first kappa shape index (κ1) is 23.1. The van der Waals surface area contributed by atoms with Crippen LogP contribution in [-0.4, -0.2) is 39.0 Å². The number of hydrogen-bond acceptors (Lipinski definition) is 6. The number of ketones is 1. The largest absolute Gasteiger partial charge is 0.508 e. The van der Waals surface area contributed by atoms with Crippen LogP contribution in [0.5, 0.6) is 0 Å². The number of Topliss-reactive ketones (excluding diaryl/α,β-unsaturated/α-hetero) is 1. The fourth-order valence-corrected chi connectivity index (χ4v) is 3.18. The quantitative estimate of drug-likeness (QED) is 0.283. The van der Waals surface area contributed by atoms with E-state index in [1.54, 1.807) is 6.08 Å². The Morgan fingerprint density at radius 3 is 2.53 bits per heavy atom. The van der Waals surface area contributed by atoms with Gasteiger partial charge in [-0.3, -0.25) is 9.48 Å². The van der Waals surface area contributed by atoms with E-state index in [0.29, 0.717) is 11.6 Å². The summed E-state index contributed by atoms with van der Waals surface area (Å²) in [5.41, 5.74) is 3.06. The fraction of sp³-hybridized carbons (Fsp3) is 0.273. The predicted octanol–water partition coefficient (Wildman–Crippen LogP) is 4.20. The number of benzene rings is 1. The molecule has 0 amide bonds. The highest BCUT2D eigenvalue weighted by atomic mass is 35.5. The van der Waals surface area contributed by atoms with Crippen molar-refractivity contribution in [2.24, 2.45) is 0 Å². The smallest absolute Gasteiger partial charge is 0.331 e. The van der Waals surface area contributed by atoms with E-state index in [1.807, 2.05) is 42.8 Å². The van der Waals surface area contributed by atoms with Gasteiger partial charge < -0.3 is 15.3 Å². The molecule has 2 aromatic rings. The molecule has 30 heavy (non-hydrogen) atoms. The molecule has 1 aromatic carbocycles. The van der Waals surface area contributed by atoms with Crippen molar-refractivity contribution in [2.75, 3.05) is 6.61 Å². The van der Waals surface area contributed by atoms with E-state index in [0.717, 1.165) is 22.5 Å². The normalized spacial score (nSPS) is 12.0. The molecule has 0 aliphatic carbocycles. The van der Waals surface area contributed by atoms with Gasteiger partial charge in [0.25, 0.3) is 0 Å². The highest BCUT2D eigenvalue weighted by molar-refractivity contribution is 6.31. The Kier molecular flexibility index (Phi) is 7.72.